The molecule has 0 aliphatic carbocycles. The minimum Gasteiger partial charge on any atom is -0.480 e. The van der Waals surface area contributed by atoms with Crippen LogP contribution in [0.3, 0.4) is 0 Å². The Bertz CT molecular complexity index is 747. The van der Waals surface area contributed by atoms with Gasteiger partial charge in [0.05, 0.1) is 11.9 Å². The van der Waals surface area contributed by atoms with Crippen molar-refractivity contribution in [2.75, 3.05) is 6.54 Å². The van der Waals surface area contributed by atoms with Crippen LogP contribution in [-0.2, 0) is 4.79 Å². The van der Waals surface area contributed by atoms with Gasteiger partial charge in [-0.05, 0) is 18.9 Å². The highest BCUT2D eigenvalue weighted by atomic mass is 35.5. The van der Waals surface area contributed by atoms with Crippen molar-refractivity contribution in [2.24, 2.45) is 0 Å². The van der Waals surface area contributed by atoms with Gasteiger partial charge in [-0.2, -0.15) is 5.10 Å². The summed E-state index contributed by atoms with van der Waals surface area (Å²) < 4.78 is 1.48. The summed E-state index contributed by atoms with van der Waals surface area (Å²) in [6.45, 7) is 0.0833. The van der Waals surface area contributed by atoms with Gasteiger partial charge in [-0.25, -0.2) is 19.1 Å². The third-order valence-corrected chi connectivity index (χ3v) is 4.14. The van der Waals surface area contributed by atoms with Gasteiger partial charge in [-0.15, -0.1) is 0 Å². The van der Waals surface area contributed by atoms with Crippen molar-refractivity contribution in [2.45, 2.75) is 24.8 Å². The number of nitrogens with zero attached hydrogens (tertiary/aromatic N) is 4. The van der Waals surface area contributed by atoms with E-state index in [2.05, 4.69) is 10.1 Å². The van der Waals surface area contributed by atoms with Crippen molar-refractivity contribution < 1.29 is 19.8 Å². The lowest BCUT2D eigenvalue weighted by atomic mass is 9.90. The number of halogens is 1. The summed E-state index contributed by atoms with van der Waals surface area (Å²) in [5.41, 5.74) is 1.22. The Labute approximate surface area is 129 Å². The van der Waals surface area contributed by atoms with Crippen LogP contribution in [0.2, 0.25) is 5.15 Å². The van der Waals surface area contributed by atoms with Crippen molar-refractivity contribution in [1.82, 2.24) is 19.5 Å². The topological polar surface area (TPSA) is 108 Å². The third-order valence-electron chi connectivity index (χ3n) is 3.87. The molecular formula is C13H13ClN4O4. The fraction of sp³-hybridized carbons (Fsp3) is 0.385. The average molecular weight is 325 g/mol. The van der Waals surface area contributed by atoms with E-state index in [0.717, 1.165) is 4.90 Å². The summed E-state index contributed by atoms with van der Waals surface area (Å²) in [5.74, 6) is -1.32. The number of carboxylic acid groups (broad SMARTS) is 2. The van der Waals surface area contributed by atoms with E-state index in [1.165, 1.54) is 4.52 Å². The van der Waals surface area contributed by atoms with E-state index in [0.29, 0.717) is 22.9 Å². The molecule has 2 atom stereocenters. The van der Waals surface area contributed by atoms with Crippen LogP contribution >= 0.6 is 11.6 Å². The van der Waals surface area contributed by atoms with E-state index < -0.39 is 18.1 Å². The van der Waals surface area contributed by atoms with Gasteiger partial charge in [-0.3, -0.25) is 4.90 Å². The molecule has 0 radical (unpaired) electrons. The van der Waals surface area contributed by atoms with Gasteiger partial charge in [0.1, 0.15) is 11.2 Å². The molecule has 116 valence electrons. The quantitative estimate of drug-likeness (QED) is 0.814. The van der Waals surface area contributed by atoms with Crippen molar-refractivity contribution in [3.05, 3.63) is 29.2 Å². The van der Waals surface area contributed by atoms with Crippen LogP contribution in [0.1, 0.15) is 24.5 Å². The number of aliphatic carboxylic acids is 1. The number of hydrogen-bond donors (Lipinski definition) is 2. The Morgan fingerprint density at radius 2 is 2.09 bits per heavy atom. The Kier molecular flexibility index (Phi) is 3.61. The van der Waals surface area contributed by atoms with Crippen molar-refractivity contribution in [1.29, 1.82) is 0 Å². The number of piperidine rings is 1. The maximum atomic E-state index is 11.3. The number of rotatable bonds is 2. The molecule has 3 rings (SSSR count). The largest absolute Gasteiger partial charge is 0.480 e. The summed E-state index contributed by atoms with van der Waals surface area (Å²) in [5, 5.41) is 22.7. The van der Waals surface area contributed by atoms with Crippen LogP contribution in [0, 0.1) is 0 Å². The lowest BCUT2D eigenvalue weighted by Gasteiger charge is -2.35. The number of aromatic nitrogens is 3. The minimum atomic E-state index is -1.24. The highest BCUT2D eigenvalue weighted by Crippen LogP contribution is 2.30. The van der Waals surface area contributed by atoms with E-state index in [9.17, 15) is 14.7 Å². The van der Waals surface area contributed by atoms with E-state index in [1.54, 1.807) is 18.3 Å². The van der Waals surface area contributed by atoms with Crippen LogP contribution in [0.25, 0.3) is 5.65 Å². The van der Waals surface area contributed by atoms with Crippen molar-refractivity contribution in [3.8, 4) is 0 Å². The molecule has 1 amide bonds. The summed E-state index contributed by atoms with van der Waals surface area (Å²) >= 11 is 6.14. The van der Waals surface area contributed by atoms with Gasteiger partial charge in [0.15, 0.2) is 5.65 Å². The number of likely N-dealkylation sites (tertiary alicyclic amines) is 1. The van der Waals surface area contributed by atoms with Crippen LogP contribution < -0.4 is 0 Å². The first-order valence-corrected chi connectivity index (χ1v) is 7.07. The zero-order chi connectivity index (χ0) is 15.9. The van der Waals surface area contributed by atoms with Gasteiger partial charge in [0, 0.05) is 18.5 Å². The molecule has 9 heteroatoms. The Morgan fingerprint density at radius 3 is 2.77 bits per heavy atom. The molecule has 2 N–H and O–H groups in total. The third kappa shape index (κ3) is 2.45. The molecule has 3 heterocycles. The van der Waals surface area contributed by atoms with Gasteiger partial charge in [-0.1, -0.05) is 11.6 Å². The molecule has 0 bridgehead atoms. The van der Waals surface area contributed by atoms with Gasteiger partial charge < -0.3 is 10.2 Å². The van der Waals surface area contributed by atoms with E-state index in [4.69, 9.17) is 16.7 Å². The molecule has 2 aromatic heterocycles. The normalized spacial score (nSPS) is 22.0. The summed E-state index contributed by atoms with van der Waals surface area (Å²) in [6.07, 6.45) is 1.11. The molecule has 1 fully saturated rings. The lowest BCUT2D eigenvalue weighted by Crippen LogP contribution is -2.49. The monoisotopic (exact) mass is 324 g/mol. The number of carboxylic acids is 1. The van der Waals surface area contributed by atoms with Crippen molar-refractivity contribution in [3.63, 3.8) is 0 Å². The highest BCUT2D eigenvalue weighted by Gasteiger charge is 2.37. The van der Waals surface area contributed by atoms with Gasteiger partial charge in [0.25, 0.3) is 0 Å². The van der Waals surface area contributed by atoms with Gasteiger partial charge >= 0.3 is 12.1 Å². The second-order valence-corrected chi connectivity index (χ2v) is 5.56. The maximum absolute atomic E-state index is 11.3. The molecule has 1 aliphatic rings. The van der Waals surface area contributed by atoms with E-state index in [1.807, 2.05) is 0 Å². The SMILES string of the molecule is O=C(O)C1CCC(c2cc(Cl)n3nccc3n2)CN1C(=O)O. The number of hydrogen-bond acceptors (Lipinski definition) is 4. The van der Waals surface area contributed by atoms with Crippen molar-refractivity contribution >= 4 is 29.3 Å². The molecule has 0 aromatic carbocycles. The second kappa shape index (κ2) is 5.45. The molecule has 1 aliphatic heterocycles. The van der Waals surface area contributed by atoms with Gasteiger partial charge in [0.2, 0.25) is 0 Å². The predicted octanol–water partition coefficient (Wildman–Crippen LogP) is 1.69. The number of fused-ring (bicyclic) bond motifs is 1. The van der Waals surface area contributed by atoms with Crippen LogP contribution in [0.15, 0.2) is 18.3 Å². The molecule has 22 heavy (non-hydrogen) atoms. The maximum Gasteiger partial charge on any atom is 0.408 e. The van der Waals surface area contributed by atoms with E-state index in [-0.39, 0.29) is 18.9 Å². The fourth-order valence-electron chi connectivity index (χ4n) is 2.78. The highest BCUT2D eigenvalue weighted by molar-refractivity contribution is 6.29. The first-order valence-electron chi connectivity index (χ1n) is 6.70. The lowest BCUT2D eigenvalue weighted by molar-refractivity contribution is -0.143. The molecule has 0 saturated carbocycles. The van der Waals surface area contributed by atoms with E-state index >= 15 is 0 Å². The summed E-state index contributed by atoms with van der Waals surface area (Å²) in [6, 6.07) is 2.34. The van der Waals surface area contributed by atoms with Crippen LogP contribution in [-0.4, -0.2) is 54.4 Å². The summed E-state index contributed by atoms with van der Waals surface area (Å²) in [7, 11) is 0. The zero-order valence-electron chi connectivity index (χ0n) is 11.4. The Morgan fingerprint density at radius 1 is 1.32 bits per heavy atom. The first kappa shape index (κ1) is 14.6. The summed E-state index contributed by atoms with van der Waals surface area (Å²) in [4.78, 5) is 27.8. The van der Waals surface area contributed by atoms with Crippen LogP contribution in [0.4, 0.5) is 4.79 Å². The second-order valence-electron chi connectivity index (χ2n) is 5.17. The molecule has 2 aromatic rings. The Balaban J connectivity index is 1.91. The Hall–Kier alpha value is -2.35. The standard InChI is InChI=1S/C13H13ClN4O4/c14-10-5-8(16-11-3-4-15-18(10)11)7-1-2-9(12(19)20)17(6-7)13(21)22/h3-5,7,9H,1-2,6H2,(H,19,20)(H,21,22). The molecule has 0 spiro atoms. The molecule has 1 saturated heterocycles. The molecule has 8 nitrogen and oxygen atoms in total. The smallest absolute Gasteiger partial charge is 0.408 e. The first-order chi connectivity index (χ1) is 10.5. The predicted molar refractivity (Wildman–Crippen MR) is 76.1 cm³/mol. The number of amides is 1. The minimum absolute atomic E-state index is 0.0833. The molecular weight excluding hydrogens is 312 g/mol. The number of carbonyl (C=O) groups is 2. The fourth-order valence-corrected chi connectivity index (χ4v) is 3.02. The molecule has 2 unspecified atom stereocenters. The van der Waals surface area contributed by atoms with Crippen LogP contribution in [0.5, 0.6) is 0 Å². The zero-order valence-corrected chi connectivity index (χ0v) is 12.1. The average Bonchev–Trinajstić information content (AvgIpc) is 2.95.